The predicted molar refractivity (Wildman–Crippen MR) is 404 cm³/mol. The third-order valence-electron chi connectivity index (χ3n) is 20.2. The Hall–Kier alpha value is -12.0. The van der Waals surface area contributed by atoms with Crippen LogP contribution in [0, 0.1) is 0 Å². The van der Waals surface area contributed by atoms with Gasteiger partial charge in [-0.15, -0.1) is 0 Å². The first kappa shape index (κ1) is 87.8. The molecule has 0 bridgehead atoms. The molecule has 0 aliphatic carbocycles. The van der Waals surface area contributed by atoms with Crippen LogP contribution < -0.4 is 68.3 Å². The number of allylic oxidation sites excluding steroid dienone is 1. The average Bonchev–Trinajstić information content (AvgIpc) is 1.62. The number of carbonyl (C=O) groups is 4. The molecule has 4 aromatic heterocycles. The van der Waals surface area contributed by atoms with Crippen LogP contribution in [0.5, 0.6) is 23.0 Å². The van der Waals surface area contributed by atoms with Crippen LogP contribution in [0.15, 0.2) is 153 Å². The van der Waals surface area contributed by atoms with Crippen molar-refractivity contribution in [3.05, 3.63) is 215 Å². The lowest BCUT2D eigenvalue weighted by molar-refractivity contribution is -0.141. The molecular weight excluding hydrogens is 1640 g/mol. The summed E-state index contributed by atoms with van der Waals surface area (Å²) in [6.07, 6.45) is -16.4. The summed E-state index contributed by atoms with van der Waals surface area (Å²) in [4.78, 5) is 114. The van der Waals surface area contributed by atoms with Crippen molar-refractivity contribution >= 4 is 52.6 Å². The number of hydrogen-bond donors (Lipinski definition) is 13. The molecule has 4 fully saturated rings. The summed E-state index contributed by atoms with van der Waals surface area (Å²) in [5, 5.41) is 87.5. The maximum Gasteiger partial charge on any atom is 0.351 e. The summed E-state index contributed by atoms with van der Waals surface area (Å²) in [5.41, 5.74) is 0.692. The number of anilines is 5. The topological polar surface area (TPSA) is 504 Å². The molecule has 16 rings (SSSR count). The van der Waals surface area contributed by atoms with Crippen molar-refractivity contribution in [2.75, 3.05) is 72.8 Å². The monoisotopic (exact) mass is 1720 g/mol. The molecule has 8 aliphatic rings. The average molecular weight is 1720 g/mol. The number of alkyl halides is 8. The lowest BCUT2D eigenvalue weighted by atomic mass is 9.99. The number of para-hydroxylation sites is 1. The first-order valence-electron chi connectivity index (χ1n) is 37.3. The number of aryl methyl sites for hydroxylation is 1. The molecule has 8 aromatic rings. The Kier molecular flexibility index (Phi) is 25.3. The molecule has 4 aromatic carbocycles. The minimum atomic E-state index is -3.83. The molecular formula is C77H77F8N13O24. The molecule has 650 valence electrons. The van der Waals surface area contributed by atoms with E-state index in [1.807, 2.05) is 19.9 Å². The van der Waals surface area contributed by atoms with Crippen molar-refractivity contribution in [3.63, 3.8) is 0 Å². The van der Waals surface area contributed by atoms with Crippen molar-refractivity contribution in [2.24, 2.45) is 0 Å². The zero-order valence-electron chi connectivity index (χ0n) is 63.9. The van der Waals surface area contributed by atoms with Gasteiger partial charge in [0, 0.05) is 72.1 Å². The Morgan fingerprint density at radius 3 is 1.22 bits per heavy atom. The zero-order chi connectivity index (χ0) is 87.8. The van der Waals surface area contributed by atoms with Gasteiger partial charge in [-0.1, -0.05) is 18.7 Å². The van der Waals surface area contributed by atoms with Gasteiger partial charge in [0.15, 0.2) is 35.9 Å². The highest BCUT2D eigenvalue weighted by Gasteiger charge is 2.63. The van der Waals surface area contributed by atoms with E-state index in [1.54, 1.807) is 54.6 Å². The van der Waals surface area contributed by atoms with Gasteiger partial charge < -0.3 is 105 Å². The van der Waals surface area contributed by atoms with Gasteiger partial charge in [-0.05, 0) is 128 Å². The molecule has 8 aliphatic heterocycles. The van der Waals surface area contributed by atoms with Crippen molar-refractivity contribution < 1.29 is 133 Å². The molecule has 12 atom stereocenters. The third-order valence-corrected chi connectivity index (χ3v) is 20.2. The molecule has 0 radical (unpaired) electrons. The van der Waals surface area contributed by atoms with Crippen molar-refractivity contribution in [1.29, 1.82) is 0 Å². The molecule has 4 saturated heterocycles. The molecule has 4 unspecified atom stereocenters. The molecule has 0 saturated carbocycles. The number of nitrogens with one attached hydrogen (secondary N) is 5. The fourth-order valence-corrected chi connectivity index (χ4v) is 13.9. The quantitative estimate of drug-likeness (QED) is 0.0618. The number of fused-ring (bicyclic) bond motifs is 4. The van der Waals surface area contributed by atoms with Crippen molar-refractivity contribution in [1.82, 2.24) is 38.2 Å². The van der Waals surface area contributed by atoms with Crippen molar-refractivity contribution in [2.45, 2.75) is 149 Å². The van der Waals surface area contributed by atoms with E-state index in [0.717, 1.165) is 83.9 Å². The van der Waals surface area contributed by atoms with E-state index < -0.39 is 176 Å². The summed E-state index contributed by atoms with van der Waals surface area (Å²) in [6, 6.07) is 24.3. The number of rotatable bonds is 16. The molecule has 13 N–H and O–H groups in total. The van der Waals surface area contributed by atoms with Crippen LogP contribution in [0.1, 0.15) is 110 Å². The molecule has 0 spiro atoms. The lowest BCUT2D eigenvalue weighted by Gasteiger charge is -2.21. The van der Waals surface area contributed by atoms with Gasteiger partial charge in [0.2, 0.25) is 24.9 Å². The van der Waals surface area contributed by atoms with Crippen LogP contribution in [0.25, 0.3) is 0 Å². The molecule has 12 heterocycles. The van der Waals surface area contributed by atoms with E-state index in [-0.39, 0.29) is 34.4 Å². The number of aliphatic hydroxyl groups is 8. The normalized spacial score (nSPS) is 24.8. The van der Waals surface area contributed by atoms with Crippen LogP contribution >= 0.6 is 0 Å². The first-order valence-corrected chi connectivity index (χ1v) is 37.3. The maximum absolute atomic E-state index is 14.3. The Morgan fingerprint density at radius 2 is 0.820 bits per heavy atom. The Bertz CT molecular complexity index is 5590. The maximum atomic E-state index is 14.3. The van der Waals surface area contributed by atoms with Crippen molar-refractivity contribution in [3.8, 4) is 23.0 Å². The fourth-order valence-electron chi connectivity index (χ4n) is 13.9. The first-order chi connectivity index (χ1) is 57.8. The van der Waals surface area contributed by atoms with Gasteiger partial charge in [0.25, 0.3) is 23.6 Å². The number of carbonyl (C=O) groups excluding carboxylic acids is 4. The molecule has 122 heavy (non-hydrogen) atoms. The van der Waals surface area contributed by atoms with Gasteiger partial charge in [-0.25, -0.2) is 19.2 Å². The standard InChI is InChI=1S/C20H20F2N4O5.C20H21F2N3O6.C19H19F2N3O7.C18H17F2N3O6/c1-10-2-3-11-8-12(4-5-13(11)23-10)17(29)24-15-6-7-26(19(30)25-15)18-20(21,22)16(28)14(9-27)31-18;1-19(2)8-10-4-3-5-11(14(10)31-19)16(28)23-13-6-7-25(18(29)24-13)17-20(21,22)15(27)12(9-26)30-17;20-19(21)15(26)13(9-25)31-17(19)24-5-4-14(23-18(24)28)22-16(27)10-2-3-11-12(8-10)30-7-1-6-29-11;19-18(20)14(25)12(8-24)29-16(18)23-5-3-13(22-17(23)27)21-15(26)10-1-2-11-9(7-10)4-6-28-11/h4-8,14,16,18,23,27-28H,1-3,9H2,(H,24,25,29,30);3-7,12,15,17,26-27H,8-9H2,1-2H3,(H,23,24,28,29);2-5,8,13,15,17,25-26H,1,6-7,9H2,(H,22,23,27,28);1-3,5,7,12,14,16,24-25H,4,6,8H2,(H,21,22,26,27)/t14-,16-,18?;12-,15-,17?;13-,15-,17?;12-,14-,16?/m1111/s1. The number of ether oxygens (including phenoxy) is 8. The Morgan fingerprint density at radius 1 is 0.451 bits per heavy atom. The lowest BCUT2D eigenvalue weighted by Crippen LogP contribution is -2.41. The van der Waals surface area contributed by atoms with E-state index >= 15 is 0 Å². The van der Waals surface area contributed by atoms with Crippen LogP contribution in [0.4, 0.5) is 64.1 Å². The zero-order valence-corrected chi connectivity index (χ0v) is 63.9. The van der Waals surface area contributed by atoms with E-state index in [4.69, 9.17) is 58.3 Å². The van der Waals surface area contributed by atoms with E-state index in [2.05, 4.69) is 53.1 Å². The van der Waals surface area contributed by atoms with Gasteiger partial charge in [0.05, 0.1) is 51.8 Å². The summed E-state index contributed by atoms with van der Waals surface area (Å²) in [5.74, 6) is -16.0. The van der Waals surface area contributed by atoms with Crippen LogP contribution in [-0.2, 0) is 38.2 Å². The van der Waals surface area contributed by atoms with Gasteiger partial charge >= 0.3 is 46.4 Å². The fraction of sp³-hybridized carbons (Fsp3) is 0.403. The summed E-state index contributed by atoms with van der Waals surface area (Å²) in [7, 11) is 0. The highest BCUT2D eigenvalue weighted by Crippen LogP contribution is 2.47. The SMILES string of the molecule is C=C1CCc2cc(C(=O)Nc3ccn(C4O[C@H](CO)[C@@H](O)C4(F)F)c(=O)n3)ccc2N1.CC1(C)Cc2cccc(C(=O)Nc3ccn(C4O[C@H](CO)[C@@H](O)C4(F)F)c(=O)n3)c2O1.O=C(Nc1ccn(C2O[C@H](CO)[C@@H](O)C2(F)F)c(=O)n1)c1ccc2c(c1)CCO2.O=C(Nc1ccn(C2O[C@H](CO)[C@@H](O)C2(F)F)c(=O)n1)c1ccc2c(c1)OCCCO2. The molecule has 37 nitrogen and oxygen atoms in total. The molecule has 45 heteroatoms. The second-order valence-corrected chi connectivity index (χ2v) is 29.2. The third kappa shape index (κ3) is 18.0. The minimum Gasteiger partial charge on any atom is -0.493 e. The Labute approximate surface area is 681 Å². The smallest absolute Gasteiger partial charge is 0.351 e. The second kappa shape index (κ2) is 35.2. The number of aromatic nitrogens is 8. The largest absolute Gasteiger partial charge is 0.493 e. The van der Waals surface area contributed by atoms with E-state index in [1.165, 1.54) is 18.2 Å². The van der Waals surface area contributed by atoms with Gasteiger partial charge in [-0.3, -0.25) is 37.4 Å². The van der Waals surface area contributed by atoms with Crippen LogP contribution in [-0.4, -0.2) is 227 Å². The van der Waals surface area contributed by atoms with E-state index in [0.29, 0.717) is 91.5 Å². The van der Waals surface area contributed by atoms with E-state index in [9.17, 15) is 93.9 Å². The molecule has 4 amide bonds. The number of amides is 4. The van der Waals surface area contributed by atoms with Crippen LogP contribution in [0.3, 0.4) is 0 Å². The number of hydrogen-bond acceptors (Lipinski definition) is 29. The summed E-state index contributed by atoms with van der Waals surface area (Å²) in [6.45, 7) is 5.79. The number of nitrogens with zero attached hydrogens (tertiary/aromatic N) is 8. The highest BCUT2D eigenvalue weighted by molar-refractivity contribution is 6.07. The number of aliphatic hydroxyl groups excluding tert-OH is 8. The van der Waals surface area contributed by atoms with Crippen LogP contribution in [0.2, 0.25) is 0 Å². The Balaban J connectivity index is 0.000000140. The number of benzene rings is 4. The van der Waals surface area contributed by atoms with Gasteiger partial charge in [0.1, 0.15) is 64.8 Å². The summed E-state index contributed by atoms with van der Waals surface area (Å²) >= 11 is 0. The second-order valence-electron chi connectivity index (χ2n) is 29.2. The van der Waals surface area contributed by atoms with Gasteiger partial charge in [-0.2, -0.15) is 55.1 Å². The highest BCUT2D eigenvalue weighted by atomic mass is 19.3. The predicted octanol–water partition coefficient (Wildman–Crippen LogP) is 3.21. The minimum absolute atomic E-state index is 0.129. The number of halogens is 8. The summed E-state index contributed by atoms with van der Waals surface area (Å²) < 4.78 is 158.